The lowest BCUT2D eigenvalue weighted by molar-refractivity contribution is -0.131. The molecule has 20 heavy (non-hydrogen) atoms. The summed E-state index contributed by atoms with van der Waals surface area (Å²) < 4.78 is 0. The predicted octanol–water partition coefficient (Wildman–Crippen LogP) is 1.36. The Morgan fingerprint density at radius 3 is 2.80 bits per heavy atom. The highest BCUT2D eigenvalue weighted by atomic mass is 16.2. The summed E-state index contributed by atoms with van der Waals surface area (Å²) in [6.45, 7) is 2.44. The Morgan fingerprint density at radius 1 is 1.35 bits per heavy atom. The van der Waals surface area contributed by atoms with E-state index in [2.05, 4.69) is 15.3 Å². The van der Waals surface area contributed by atoms with Crippen molar-refractivity contribution < 1.29 is 4.79 Å². The molecule has 0 saturated carbocycles. The fourth-order valence-electron chi connectivity index (χ4n) is 2.26. The van der Waals surface area contributed by atoms with Crippen LogP contribution in [0.4, 0.5) is 11.8 Å². The molecule has 0 aliphatic carbocycles. The average molecular weight is 277 g/mol. The summed E-state index contributed by atoms with van der Waals surface area (Å²) in [5.74, 6) is 1.66. The molecule has 0 spiro atoms. The van der Waals surface area contributed by atoms with Crippen molar-refractivity contribution in [2.45, 2.75) is 25.7 Å². The van der Waals surface area contributed by atoms with E-state index in [1.54, 1.807) is 6.20 Å². The first-order valence-electron chi connectivity index (χ1n) is 7.19. The largest absolute Gasteiger partial charge is 0.369 e. The lowest BCUT2D eigenvalue weighted by Gasteiger charge is -2.26. The van der Waals surface area contributed by atoms with Crippen molar-refractivity contribution in [3.8, 4) is 0 Å². The van der Waals surface area contributed by atoms with Crippen molar-refractivity contribution in [1.29, 1.82) is 0 Å². The zero-order valence-electron chi connectivity index (χ0n) is 12.3. The summed E-state index contributed by atoms with van der Waals surface area (Å²) in [6.07, 6.45) is 5.75. The minimum atomic E-state index is 0.235. The van der Waals surface area contributed by atoms with Crippen molar-refractivity contribution >= 4 is 17.7 Å². The molecule has 1 aliphatic heterocycles. The molecule has 2 rings (SSSR count). The maximum absolute atomic E-state index is 12.0. The van der Waals surface area contributed by atoms with Crippen LogP contribution in [0.25, 0.3) is 0 Å². The van der Waals surface area contributed by atoms with E-state index in [0.29, 0.717) is 18.9 Å². The quantitative estimate of drug-likeness (QED) is 0.880. The SMILES string of the molecule is CN(C)c1nccc(NCCC(=O)N2CCCCC2)n1. The van der Waals surface area contributed by atoms with E-state index in [-0.39, 0.29) is 5.91 Å². The van der Waals surface area contributed by atoms with Gasteiger partial charge in [0.25, 0.3) is 0 Å². The van der Waals surface area contributed by atoms with Crippen molar-refractivity contribution in [2.24, 2.45) is 0 Å². The molecule has 1 aromatic rings. The molecule has 2 heterocycles. The Bertz CT molecular complexity index is 443. The van der Waals surface area contributed by atoms with Gasteiger partial charge in [0.15, 0.2) is 0 Å². The minimum Gasteiger partial charge on any atom is -0.369 e. The second-order valence-electron chi connectivity index (χ2n) is 5.25. The van der Waals surface area contributed by atoms with Crippen LogP contribution in [0.5, 0.6) is 0 Å². The predicted molar refractivity (Wildman–Crippen MR) is 79.9 cm³/mol. The molecule has 1 amide bonds. The number of hydrogen-bond acceptors (Lipinski definition) is 5. The maximum atomic E-state index is 12.0. The van der Waals surface area contributed by atoms with Gasteiger partial charge in [0, 0.05) is 46.3 Å². The maximum Gasteiger partial charge on any atom is 0.226 e. The van der Waals surface area contributed by atoms with E-state index >= 15 is 0 Å². The van der Waals surface area contributed by atoms with Crippen LogP contribution in [0.2, 0.25) is 0 Å². The van der Waals surface area contributed by atoms with Crippen LogP contribution in [-0.2, 0) is 4.79 Å². The number of carbonyl (C=O) groups is 1. The summed E-state index contributed by atoms with van der Waals surface area (Å²) in [7, 11) is 3.80. The summed E-state index contributed by atoms with van der Waals surface area (Å²) in [4.78, 5) is 24.3. The van der Waals surface area contributed by atoms with Gasteiger partial charge in [-0.1, -0.05) is 0 Å². The summed E-state index contributed by atoms with van der Waals surface area (Å²) in [5, 5.41) is 3.18. The lowest BCUT2D eigenvalue weighted by atomic mass is 10.1. The van der Waals surface area contributed by atoms with E-state index in [4.69, 9.17) is 0 Å². The number of nitrogens with zero attached hydrogens (tertiary/aromatic N) is 4. The number of amides is 1. The number of piperidine rings is 1. The van der Waals surface area contributed by atoms with Crippen LogP contribution in [0.3, 0.4) is 0 Å². The third-order valence-electron chi connectivity index (χ3n) is 3.40. The van der Waals surface area contributed by atoms with Gasteiger partial charge in [-0.25, -0.2) is 4.98 Å². The fraction of sp³-hybridized carbons (Fsp3) is 0.643. The molecule has 1 fully saturated rings. The van der Waals surface area contributed by atoms with Gasteiger partial charge in [-0.3, -0.25) is 4.79 Å². The summed E-state index contributed by atoms with van der Waals surface area (Å²) in [5.41, 5.74) is 0. The van der Waals surface area contributed by atoms with E-state index in [1.807, 2.05) is 30.0 Å². The Morgan fingerprint density at radius 2 is 2.10 bits per heavy atom. The summed E-state index contributed by atoms with van der Waals surface area (Å²) >= 11 is 0. The molecule has 1 N–H and O–H groups in total. The fourth-order valence-corrected chi connectivity index (χ4v) is 2.26. The topological polar surface area (TPSA) is 61.4 Å². The van der Waals surface area contributed by atoms with E-state index < -0.39 is 0 Å². The van der Waals surface area contributed by atoms with Crippen molar-refractivity contribution in [3.05, 3.63) is 12.3 Å². The van der Waals surface area contributed by atoms with Crippen molar-refractivity contribution in [1.82, 2.24) is 14.9 Å². The Kier molecular flexibility index (Phi) is 5.15. The van der Waals surface area contributed by atoms with Gasteiger partial charge >= 0.3 is 0 Å². The Labute approximate surface area is 120 Å². The van der Waals surface area contributed by atoms with E-state index in [0.717, 1.165) is 31.7 Å². The molecular weight excluding hydrogens is 254 g/mol. The molecule has 0 bridgehead atoms. The first-order chi connectivity index (χ1) is 9.66. The highest BCUT2D eigenvalue weighted by Gasteiger charge is 2.15. The molecule has 0 unspecified atom stereocenters. The van der Waals surface area contributed by atoms with Gasteiger partial charge in [0.2, 0.25) is 11.9 Å². The third-order valence-corrected chi connectivity index (χ3v) is 3.40. The molecule has 0 aromatic carbocycles. The molecule has 0 radical (unpaired) electrons. The van der Waals surface area contributed by atoms with Gasteiger partial charge in [-0.15, -0.1) is 0 Å². The van der Waals surface area contributed by atoms with Crippen molar-refractivity contribution in [2.75, 3.05) is 43.9 Å². The highest BCUT2D eigenvalue weighted by molar-refractivity contribution is 5.76. The van der Waals surface area contributed by atoms with Crippen LogP contribution in [0.15, 0.2) is 12.3 Å². The first-order valence-corrected chi connectivity index (χ1v) is 7.19. The van der Waals surface area contributed by atoms with Crippen LogP contribution in [0, 0.1) is 0 Å². The second kappa shape index (κ2) is 7.07. The Balaban J connectivity index is 1.77. The van der Waals surface area contributed by atoms with Gasteiger partial charge < -0.3 is 15.1 Å². The number of anilines is 2. The second-order valence-corrected chi connectivity index (χ2v) is 5.25. The van der Waals surface area contributed by atoms with Gasteiger partial charge in [0.05, 0.1) is 0 Å². The first kappa shape index (κ1) is 14.6. The number of rotatable bonds is 5. The monoisotopic (exact) mass is 277 g/mol. The number of aromatic nitrogens is 2. The standard InChI is InChI=1S/C14H23N5O/c1-18(2)14-16-8-6-12(17-14)15-9-7-13(20)19-10-4-3-5-11-19/h6,8H,3-5,7,9-11H2,1-2H3,(H,15,16,17). The smallest absolute Gasteiger partial charge is 0.226 e. The number of hydrogen-bond donors (Lipinski definition) is 1. The van der Waals surface area contributed by atoms with Gasteiger partial charge in [-0.05, 0) is 25.3 Å². The highest BCUT2D eigenvalue weighted by Crippen LogP contribution is 2.11. The van der Waals surface area contributed by atoms with Crippen molar-refractivity contribution in [3.63, 3.8) is 0 Å². The van der Waals surface area contributed by atoms with Crippen LogP contribution in [-0.4, -0.2) is 54.5 Å². The number of nitrogens with one attached hydrogen (secondary N) is 1. The minimum absolute atomic E-state index is 0.235. The zero-order valence-corrected chi connectivity index (χ0v) is 12.3. The van der Waals surface area contributed by atoms with Crippen LogP contribution in [0.1, 0.15) is 25.7 Å². The lowest BCUT2D eigenvalue weighted by Crippen LogP contribution is -2.36. The third kappa shape index (κ3) is 4.08. The van der Waals surface area contributed by atoms with Gasteiger partial charge in [-0.2, -0.15) is 4.98 Å². The van der Waals surface area contributed by atoms with Gasteiger partial charge in [0.1, 0.15) is 5.82 Å². The molecule has 1 aromatic heterocycles. The normalized spacial score (nSPS) is 15.0. The molecule has 6 heteroatoms. The Hall–Kier alpha value is -1.85. The molecule has 1 saturated heterocycles. The number of carbonyl (C=O) groups excluding carboxylic acids is 1. The van der Waals surface area contributed by atoms with E-state index in [1.165, 1.54) is 6.42 Å². The summed E-state index contributed by atoms with van der Waals surface area (Å²) in [6, 6.07) is 1.82. The average Bonchev–Trinajstić information content (AvgIpc) is 2.48. The molecule has 6 nitrogen and oxygen atoms in total. The molecule has 1 aliphatic rings. The zero-order chi connectivity index (χ0) is 14.4. The number of likely N-dealkylation sites (tertiary alicyclic amines) is 1. The van der Waals surface area contributed by atoms with E-state index in [9.17, 15) is 4.79 Å². The molecule has 110 valence electrons. The van der Waals surface area contributed by atoms with Crippen LogP contribution < -0.4 is 10.2 Å². The van der Waals surface area contributed by atoms with Crippen LogP contribution >= 0.6 is 0 Å². The molecular formula is C14H23N5O. The molecule has 0 atom stereocenters.